The van der Waals surface area contributed by atoms with E-state index in [0.29, 0.717) is 13.0 Å². The molecule has 0 aliphatic heterocycles. The summed E-state index contributed by atoms with van der Waals surface area (Å²) in [5.41, 5.74) is 9.83. The topological polar surface area (TPSA) is 43.1 Å². The molecule has 19 heavy (non-hydrogen) atoms. The van der Waals surface area contributed by atoms with Crippen molar-refractivity contribution in [3.05, 3.63) is 59.2 Å². The van der Waals surface area contributed by atoms with Crippen LogP contribution in [-0.4, -0.2) is 12.3 Å². The highest BCUT2D eigenvalue weighted by Crippen LogP contribution is 2.36. The molecule has 0 bridgehead atoms. The second-order valence-corrected chi connectivity index (χ2v) is 4.48. The number of nitrogens with two attached hydrogens (primary N) is 1. The van der Waals surface area contributed by atoms with Gasteiger partial charge in [-0.2, -0.15) is 0 Å². The lowest BCUT2D eigenvalue weighted by Gasteiger charge is -1.99. The fraction of sp³-hybridized carbons (Fsp3) is 0.118. The summed E-state index contributed by atoms with van der Waals surface area (Å²) in [5, 5.41) is 0. The molecule has 0 radical (unpaired) electrons. The first-order valence-electron chi connectivity index (χ1n) is 6.28. The third-order valence-electron chi connectivity index (χ3n) is 3.23. The smallest absolute Gasteiger partial charge is 0.194 e. The summed E-state index contributed by atoms with van der Waals surface area (Å²) in [6.45, 7) is 0.558. The third-order valence-corrected chi connectivity index (χ3v) is 3.23. The zero-order chi connectivity index (χ0) is 13.2. The number of benzene rings is 2. The molecule has 0 amide bonds. The Morgan fingerprint density at radius 3 is 2.47 bits per heavy atom. The Labute approximate surface area is 112 Å². The van der Waals surface area contributed by atoms with Gasteiger partial charge in [0.05, 0.1) is 0 Å². The number of carbonyl (C=O) groups excluding carboxylic acids is 1. The molecule has 2 nitrogen and oxygen atoms in total. The largest absolute Gasteiger partial charge is 0.330 e. The lowest BCUT2D eigenvalue weighted by Crippen LogP contribution is -1.96. The minimum Gasteiger partial charge on any atom is -0.330 e. The van der Waals surface area contributed by atoms with Crippen LogP contribution in [0.4, 0.5) is 0 Å². The number of ketones is 1. The molecule has 3 rings (SSSR count). The van der Waals surface area contributed by atoms with E-state index >= 15 is 0 Å². The summed E-state index contributed by atoms with van der Waals surface area (Å²) >= 11 is 0. The summed E-state index contributed by atoms with van der Waals surface area (Å²) in [5.74, 6) is 6.12. The van der Waals surface area contributed by atoms with Crippen LogP contribution in [-0.2, 0) is 0 Å². The molecule has 2 heteroatoms. The first-order valence-corrected chi connectivity index (χ1v) is 6.28. The Hall–Kier alpha value is -2.37. The zero-order valence-corrected chi connectivity index (χ0v) is 10.4. The average Bonchev–Trinajstić information content (AvgIpc) is 2.73. The summed E-state index contributed by atoms with van der Waals surface area (Å²) in [7, 11) is 0. The van der Waals surface area contributed by atoms with Gasteiger partial charge in [0.15, 0.2) is 5.78 Å². The van der Waals surface area contributed by atoms with Crippen molar-refractivity contribution in [1.29, 1.82) is 0 Å². The van der Waals surface area contributed by atoms with Gasteiger partial charge in [0.25, 0.3) is 0 Å². The maximum Gasteiger partial charge on any atom is 0.194 e. The van der Waals surface area contributed by atoms with Gasteiger partial charge in [0.1, 0.15) is 0 Å². The fourth-order valence-corrected chi connectivity index (χ4v) is 2.34. The maximum absolute atomic E-state index is 12.3. The summed E-state index contributed by atoms with van der Waals surface area (Å²) < 4.78 is 0. The van der Waals surface area contributed by atoms with Gasteiger partial charge in [-0.15, -0.1) is 0 Å². The van der Waals surface area contributed by atoms with Crippen LogP contribution in [0.25, 0.3) is 11.1 Å². The van der Waals surface area contributed by atoms with Gasteiger partial charge in [-0.25, -0.2) is 0 Å². The van der Waals surface area contributed by atoms with E-state index in [9.17, 15) is 4.79 Å². The SMILES string of the molecule is NCCC#Cc1ccc2c(c1)C(=O)c1ccccc1-2. The average molecular weight is 247 g/mol. The molecule has 0 saturated heterocycles. The van der Waals surface area contributed by atoms with Gasteiger partial charge >= 0.3 is 0 Å². The first kappa shape index (κ1) is 11.7. The zero-order valence-electron chi connectivity index (χ0n) is 10.4. The van der Waals surface area contributed by atoms with E-state index in [1.165, 1.54) is 0 Å². The third kappa shape index (κ3) is 1.95. The van der Waals surface area contributed by atoms with Crippen molar-refractivity contribution in [3.8, 4) is 23.0 Å². The van der Waals surface area contributed by atoms with Crippen LogP contribution < -0.4 is 5.73 Å². The highest BCUT2D eigenvalue weighted by atomic mass is 16.1. The van der Waals surface area contributed by atoms with E-state index in [0.717, 1.165) is 27.8 Å². The Kier molecular flexibility index (Phi) is 2.91. The lowest BCUT2D eigenvalue weighted by molar-refractivity contribution is 0.104. The van der Waals surface area contributed by atoms with Crippen LogP contribution in [0.1, 0.15) is 27.9 Å². The number of rotatable bonds is 1. The normalized spacial score (nSPS) is 11.5. The number of hydrogen-bond donors (Lipinski definition) is 1. The molecule has 0 saturated carbocycles. The van der Waals surface area contributed by atoms with Gasteiger partial charge in [0.2, 0.25) is 0 Å². The van der Waals surface area contributed by atoms with Crippen molar-refractivity contribution in [3.63, 3.8) is 0 Å². The number of hydrogen-bond acceptors (Lipinski definition) is 2. The molecule has 0 fully saturated rings. The van der Waals surface area contributed by atoms with Crippen LogP contribution in [0.15, 0.2) is 42.5 Å². The van der Waals surface area contributed by atoms with Crippen LogP contribution in [0.3, 0.4) is 0 Å². The Morgan fingerprint density at radius 2 is 1.68 bits per heavy atom. The van der Waals surface area contributed by atoms with E-state index in [2.05, 4.69) is 11.8 Å². The van der Waals surface area contributed by atoms with E-state index < -0.39 is 0 Å². The van der Waals surface area contributed by atoms with E-state index in [4.69, 9.17) is 5.73 Å². The lowest BCUT2D eigenvalue weighted by atomic mass is 10.0. The van der Waals surface area contributed by atoms with Gasteiger partial charge in [-0.3, -0.25) is 4.79 Å². The van der Waals surface area contributed by atoms with E-state index in [1.807, 2.05) is 42.5 Å². The first-order chi connectivity index (χ1) is 9.31. The van der Waals surface area contributed by atoms with Crippen molar-refractivity contribution in [1.82, 2.24) is 0 Å². The second kappa shape index (κ2) is 4.72. The highest BCUT2D eigenvalue weighted by Gasteiger charge is 2.25. The molecule has 0 unspecified atom stereocenters. The van der Waals surface area contributed by atoms with Gasteiger partial charge < -0.3 is 5.73 Å². The van der Waals surface area contributed by atoms with Gasteiger partial charge in [0, 0.05) is 29.7 Å². The van der Waals surface area contributed by atoms with Gasteiger partial charge in [-0.05, 0) is 23.3 Å². The minimum absolute atomic E-state index is 0.0908. The summed E-state index contributed by atoms with van der Waals surface area (Å²) in [4.78, 5) is 12.3. The summed E-state index contributed by atoms with van der Waals surface area (Å²) in [6.07, 6.45) is 0.672. The molecule has 0 spiro atoms. The molecule has 2 N–H and O–H groups in total. The molecule has 92 valence electrons. The van der Waals surface area contributed by atoms with Crippen LogP contribution in [0.5, 0.6) is 0 Å². The van der Waals surface area contributed by atoms with Crippen molar-refractivity contribution < 1.29 is 4.79 Å². The van der Waals surface area contributed by atoms with Crippen LogP contribution >= 0.6 is 0 Å². The molecule has 0 atom stereocenters. The minimum atomic E-state index is 0.0908. The van der Waals surface area contributed by atoms with E-state index in [1.54, 1.807) is 0 Å². The van der Waals surface area contributed by atoms with E-state index in [-0.39, 0.29) is 5.78 Å². The van der Waals surface area contributed by atoms with Crippen LogP contribution in [0, 0.1) is 11.8 Å². The van der Waals surface area contributed by atoms with Gasteiger partial charge in [-0.1, -0.05) is 42.2 Å². The van der Waals surface area contributed by atoms with Crippen molar-refractivity contribution >= 4 is 5.78 Å². The monoisotopic (exact) mass is 247 g/mol. The Balaban J connectivity index is 2.06. The Bertz CT molecular complexity index is 720. The number of carbonyl (C=O) groups is 1. The number of fused-ring (bicyclic) bond motifs is 3. The van der Waals surface area contributed by atoms with Crippen molar-refractivity contribution in [2.24, 2.45) is 5.73 Å². The summed E-state index contributed by atoms with van der Waals surface area (Å²) in [6, 6.07) is 13.5. The molecule has 1 aliphatic carbocycles. The fourth-order valence-electron chi connectivity index (χ4n) is 2.34. The predicted molar refractivity (Wildman–Crippen MR) is 75.9 cm³/mol. The van der Waals surface area contributed by atoms with Crippen LogP contribution in [0.2, 0.25) is 0 Å². The predicted octanol–water partition coefficient (Wildman–Crippen LogP) is 2.60. The second-order valence-electron chi connectivity index (χ2n) is 4.48. The molecule has 2 aromatic carbocycles. The molecule has 0 heterocycles. The standard InChI is InChI=1S/C17H13NO/c18-10-4-3-5-12-8-9-14-13-6-1-2-7-15(13)17(19)16(14)11-12/h1-2,6-9,11H,4,10,18H2. The van der Waals surface area contributed by atoms with Crippen molar-refractivity contribution in [2.75, 3.05) is 6.54 Å². The molecular formula is C17H13NO. The molecule has 2 aromatic rings. The Morgan fingerprint density at radius 1 is 0.947 bits per heavy atom. The molecule has 1 aliphatic rings. The van der Waals surface area contributed by atoms with Crippen molar-refractivity contribution in [2.45, 2.75) is 6.42 Å². The molecule has 0 aromatic heterocycles. The quantitative estimate of drug-likeness (QED) is 0.672. The highest BCUT2D eigenvalue weighted by molar-refractivity contribution is 6.21. The maximum atomic E-state index is 12.3. The molecular weight excluding hydrogens is 234 g/mol.